The minimum Gasteiger partial charge on any atom is -0.444 e. The van der Waals surface area contributed by atoms with Gasteiger partial charge < -0.3 is 19.9 Å². The van der Waals surface area contributed by atoms with E-state index in [-0.39, 0.29) is 43.9 Å². The van der Waals surface area contributed by atoms with Gasteiger partial charge in [-0.25, -0.2) is 15.2 Å². The van der Waals surface area contributed by atoms with Gasteiger partial charge in [0.05, 0.1) is 13.1 Å². The summed E-state index contributed by atoms with van der Waals surface area (Å²) in [6, 6.07) is 13.3. The Morgan fingerprint density at radius 1 is 0.977 bits per heavy atom. The second-order valence-electron chi connectivity index (χ2n) is 11.8. The Balaban J connectivity index is 1.74. The van der Waals surface area contributed by atoms with Gasteiger partial charge in [0.15, 0.2) is 0 Å². The summed E-state index contributed by atoms with van der Waals surface area (Å²) < 4.78 is 5.45. The number of likely N-dealkylation sites (N-methyl/N-ethyl adjacent to an activating group) is 2. The van der Waals surface area contributed by atoms with Crippen molar-refractivity contribution in [3.05, 3.63) is 64.7 Å². The lowest BCUT2D eigenvalue weighted by Crippen LogP contribution is -2.48. The van der Waals surface area contributed by atoms with Gasteiger partial charge in [-0.2, -0.15) is 0 Å². The van der Waals surface area contributed by atoms with Gasteiger partial charge >= 0.3 is 6.09 Å². The van der Waals surface area contributed by atoms with Crippen LogP contribution in [0.1, 0.15) is 61.7 Å². The van der Waals surface area contributed by atoms with Crippen LogP contribution in [0.25, 0.3) is 0 Å². The average molecular weight is 610 g/mol. The lowest BCUT2D eigenvalue weighted by molar-refractivity contribution is -0.145. The highest BCUT2D eigenvalue weighted by Gasteiger charge is 2.27. The molecule has 44 heavy (non-hydrogen) atoms. The van der Waals surface area contributed by atoms with Gasteiger partial charge in [0.25, 0.3) is 11.8 Å². The van der Waals surface area contributed by atoms with Crippen molar-refractivity contribution >= 4 is 29.5 Å². The second-order valence-corrected chi connectivity index (χ2v) is 11.8. The van der Waals surface area contributed by atoms with Crippen molar-refractivity contribution in [1.82, 2.24) is 31.1 Å². The molecule has 3 N–H and O–H groups in total. The zero-order valence-corrected chi connectivity index (χ0v) is 27.0. The molecule has 0 saturated carbocycles. The number of carbonyl (C=O) groups is 4. The Labute approximate surface area is 260 Å². The first-order valence-electron chi connectivity index (χ1n) is 15.0. The minimum absolute atomic E-state index is 0.0884. The molecule has 2 aromatic rings. The molecule has 1 aliphatic heterocycles. The zero-order valence-electron chi connectivity index (χ0n) is 27.0. The van der Waals surface area contributed by atoms with Gasteiger partial charge in [-0.15, -0.1) is 0 Å². The molecular weight excluding hydrogens is 562 g/mol. The van der Waals surface area contributed by atoms with Crippen molar-refractivity contribution in [1.29, 1.82) is 0 Å². The monoisotopic (exact) mass is 609 g/mol. The molecule has 4 amide bonds. The predicted molar refractivity (Wildman–Crippen MR) is 169 cm³/mol. The van der Waals surface area contributed by atoms with Crippen molar-refractivity contribution < 1.29 is 23.9 Å². The predicted octanol–water partition coefficient (Wildman–Crippen LogP) is 2.82. The number of ether oxygens (including phenoxy) is 1. The summed E-state index contributed by atoms with van der Waals surface area (Å²) in [5.41, 5.74) is 8.96. The Morgan fingerprint density at radius 3 is 2.23 bits per heavy atom. The number of nitrogens with one attached hydrogen (secondary N) is 3. The highest BCUT2D eigenvalue weighted by Crippen LogP contribution is 2.25. The highest BCUT2D eigenvalue weighted by molar-refractivity contribution is 5.95. The molecule has 0 unspecified atom stereocenters. The Morgan fingerprint density at radius 2 is 1.64 bits per heavy atom. The molecular formula is C32H47N7O5. The number of rotatable bonds is 13. The van der Waals surface area contributed by atoms with Crippen LogP contribution in [0.3, 0.4) is 0 Å². The van der Waals surface area contributed by atoms with Crippen LogP contribution >= 0.6 is 0 Å². The largest absolute Gasteiger partial charge is 0.444 e. The molecule has 1 aliphatic rings. The van der Waals surface area contributed by atoms with E-state index in [9.17, 15) is 19.2 Å². The van der Waals surface area contributed by atoms with Crippen molar-refractivity contribution in [2.45, 2.75) is 60.2 Å². The molecule has 0 radical (unpaired) electrons. The van der Waals surface area contributed by atoms with Crippen LogP contribution in [0.4, 0.5) is 10.5 Å². The maximum atomic E-state index is 13.6. The molecule has 240 valence electrons. The smallest absolute Gasteiger partial charge is 0.410 e. The first-order valence-corrected chi connectivity index (χ1v) is 15.0. The summed E-state index contributed by atoms with van der Waals surface area (Å²) in [6.45, 7) is 13.5. The molecule has 0 saturated heterocycles. The van der Waals surface area contributed by atoms with Gasteiger partial charge in [0.2, 0.25) is 5.91 Å². The fourth-order valence-corrected chi connectivity index (χ4v) is 4.77. The van der Waals surface area contributed by atoms with E-state index in [2.05, 4.69) is 28.3 Å². The van der Waals surface area contributed by atoms with E-state index in [1.807, 2.05) is 37.9 Å². The molecule has 12 heteroatoms. The highest BCUT2D eigenvalue weighted by atomic mass is 16.6. The van der Waals surface area contributed by atoms with E-state index in [4.69, 9.17) is 4.74 Å². The number of benzene rings is 2. The average Bonchev–Trinajstić information content (AvgIpc) is 3.41. The van der Waals surface area contributed by atoms with E-state index >= 15 is 0 Å². The number of carbonyl (C=O) groups excluding carboxylic acids is 4. The molecule has 0 spiro atoms. The number of aryl methyl sites for hydroxylation is 1. The Hall–Kier alpha value is -4.16. The van der Waals surface area contributed by atoms with Crippen molar-refractivity contribution in [3.8, 4) is 0 Å². The van der Waals surface area contributed by atoms with Crippen LogP contribution in [0.2, 0.25) is 0 Å². The van der Waals surface area contributed by atoms with Crippen molar-refractivity contribution in [2.75, 3.05) is 51.2 Å². The SMILES string of the molecule is CCNNC(=O)c1ccc(C)c(N(CC(=O)NCCN(CC)C(=O)OC(C)(C)C)CC(=O)N(C)N2Cc3ccccc3C2)c1. The number of anilines is 1. The molecule has 0 atom stereocenters. The molecule has 3 rings (SSSR count). The normalized spacial score (nSPS) is 12.7. The molecule has 1 heterocycles. The molecule has 0 aromatic heterocycles. The van der Waals surface area contributed by atoms with Gasteiger partial charge in [-0.05, 0) is 63.4 Å². The summed E-state index contributed by atoms with van der Waals surface area (Å²) in [6.07, 6.45) is -0.447. The summed E-state index contributed by atoms with van der Waals surface area (Å²) in [4.78, 5) is 55.2. The minimum atomic E-state index is -0.623. The molecule has 0 bridgehead atoms. The lowest BCUT2D eigenvalue weighted by atomic mass is 10.1. The first-order chi connectivity index (χ1) is 20.8. The van der Waals surface area contributed by atoms with Gasteiger partial charge in [0.1, 0.15) is 5.60 Å². The van der Waals surface area contributed by atoms with Crippen molar-refractivity contribution in [3.63, 3.8) is 0 Å². The molecule has 2 aromatic carbocycles. The van der Waals surface area contributed by atoms with Crippen LogP contribution in [0.5, 0.6) is 0 Å². The molecule has 0 aliphatic carbocycles. The third-order valence-corrected chi connectivity index (χ3v) is 7.20. The lowest BCUT2D eigenvalue weighted by Gasteiger charge is -2.32. The number of hydrazine groups is 2. The summed E-state index contributed by atoms with van der Waals surface area (Å²) in [5, 5.41) is 6.43. The maximum Gasteiger partial charge on any atom is 0.410 e. The number of fused-ring (bicyclic) bond motifs is 1. The maximum absolute atomic E-state index is 13.6. The van der Waals surface area contributed by atoms with E-state index in [0.717, 1.165) is 5.56 Å². The summed E-state index contributed by atoms with van der Waals surface area (Å²) in [5.74, 6) is -0.844. The van der Waals surface area contributed by atoms with E-state index in [0.29, 0.717) is 37.4 Å². The fourth-order valence-electron chi connectivity index (χ4n) is 4.77. The molecule has 12 nitrogen and oxygen atoms in total. The van der Waals surface area contributed by atoms with Gasteiger partial charge in [0, 0.05) is 57.6 Å². The van der Waals surface area contributed by atoms with Crippen LogP contribution in [-0.2, 0) is 27.4 Å². The first kappa shape index (κ1) is 34.3. The van der Waals surface area contributed by atoms with Crippen LogP contribution in [0, 0.1) is 6.92 Å². The quantitative estimate of drug-likeness (QED) is 0.296. The summed E-state index contributed by atoms with van der Waals surface area (Å²) >= 11 is 0. The number of hydrogen-bond acceptors (Lipinski definition) is 8. The third kappa shape index (κ3) is 9.68. The third-order valence-electron chi connectivity index (χ3n) is 7.20. The summed E-state index contributed by atoms with van der Waals surface area (Å²) in [7, 11) is 1.73. The standard InChI is InChI=1S/C32H47N7O5/c1-8-34-35-30(42)24-15-14-23(3)27(18-24)38(21-28(40)33-16-17-37(9-2)31(43)44-32(4,5)6)22-29(41)36(7)39-19-25-12-10-11-13-26(25)20-39/h10-15,18,34H,8-9,16-17,19-22H2,1-7H3,(H,33,40)(H,35,42). The number of hydrogen-bond donors (Lipinski definition) is 3. The van der Waals surface area contributed by atoms with E-state index in [1.165, 1.54) is 16.0 Å². The topological polar surface area (TPSA) is 127 Å². The van der Waals surface area contributed by atoms with Gasteiger partial charge in [-0.1, -0.05) is 37.3 Å². The zero-order chi connectivity index (χ0) is 32.4. The van der Waals surface area contributed by atoms with Crippen LogP contribution in [0.15, 0.2) is 42.5 Å². The number of amides is 4. The second kappa shape index (κ2) is 15.5. The Kier molecular flexibility index (Phi) is 12.1. The Bertz CT molecular complexity index is 1300. The molecule has 0 fully saturated rings. The number of nitrogens with zero attached hydrogens (tertiary/aromatic N) is 4. The van der Waals surface area contributed by atoms with E-state index in [1.54, 1.807) is 55.9 Å². The van der Waals surface area contributed by atoms with Crippen LogP contribution in [-0.4, -0.2) is 90.6 Å². The van der Waals surface area contributed by atoms with Crippen LogP contribution < -0.4 is 21.1 Å². The van der Waals surface area contributed by atoms with Crippen molar-refractivity contribution in [2.24, 2.45) is 0 Å². The fraction of sp³-hybridized carbons (Fsp3) is 0.500. The van der Waals surface area contributed by atoms with Gasteiger partial charge in [-0.3, -0.25) is 24.8 Å². The van der Waals surface area contributed by atoms with E-state index < -0.39 is 11.7 Å².